The summed E-state index contributed by atoms with van der Waals surface area (Å²) in [6, 6.07) is 0.788. The first kappa shape index (κ1) is 12.5. The molecule has 0 atom stereocenters. The molecule has 15 heavy (non-hydrogen) atoms. The summed E-state index contributed by atoms with van der Waals surface area (Å²) in [4.78, 5) is 0. The van der Waals surface area contributed by atoms with Gasteiger partial charge in [-0.3, -0.25) is 0 Å². The summed E-state index contributed by atoms with van der Waals surface area (Å²) in [5.41, 5.74) is 0. The largest absolute Gasteiger partial charge is 0.311 e. The quantitative estimate of drug-likeness (QED) is 0.494. The second-order valence-electron chi connectivity index (χ2n) is 4.43. The maximum atomic E-state index is 3.72. The molecular weight excluding hydrogens is 182 g/mol. The topological polar surface area (TPSA) is 12.0 Å². The Kier molecular flexibility index (Phi) is 7.28. The van der Waals surface area contributed by atoms with E-state index in [1.807, 2.05) is 6.08 Å². The fourth-order valence-electron chi connectivity index (χ4n) is 2.12. The summed E-state index contributed by atoms with van der Waals surface area (Å²) < 4.78 is 0. The van der Waals surface area contributed by atoms with Gasteiger partial charge in [-0.1, -0.05) is 37.5 Å². The van der Waals surface area contributed by atoms with Crippen molar-refractivity contribution in [3.63, 3.8) is 0 Å². The molecule has 0 aliphatic heterocycles. The number of hydrogen-bond acceptors (Lipinski definition) is 1. The summed E-state index contributed by atoms with van der Waals surface area (Å²) in [7, 11) is 0. The molecule has 0 spiro atoms. The predicted octanol–water partition coefficient (Wildman–Crippen LogP) is 3.82. The van der Waals surface area contributed by atoms with Gasteiger partial charge < -0.3 is 5.32 Å². The minimum absolute atomic E-state index is 0.788. The molecule has 1 N–H and O–H groups in total. The van der Waals surface area contributed by atoms with Crippen molar-refractivity contribution in [1.29, 1.82) is 0 Å². The van der Waals surface area contributed by atoms with Gasteiger partial charge in [0.2, 0.25) is 0 Å². The molecule has 1 aliphatic carbocycles. The third-order valence-electron chi connectivity index (χ3n) is 3.08. The molecule has 0 bridgehead atoms. The highest BCUT2D eigenvalue weighted by Crippen LogP contribution is 2.16. The van der Waals surface area contributed by atoms with E-state index in [2.05, 4.69) is 24.0 Å². The standard InChI is InChI=1S/C14H25N/c1-2-3-4-5-6-10-13-15-14-11-8-7-9-12-14/h2,6,10,14-15H,1,3-5,7-9,11-13H2/b10-6+. The Morgan fingerprint density at radius 3 is 2.60 bits per heavy atom. The maximum Gasteiger partial charge on any atom is 0.0137 e. The highest BCUT2D eigenvalue weighted by atomic mass is 14.9. The van der Waals surface area contributed by atoms with Gasteiger partial charge in [0.1, 0.15) is 0 Å². The second-order valence-corrected chi connectivity index (χ2v) is 4.43. The van der Waals surface area contributed by atoms with Crippen molar-refractivity contribution in [2.24, 2.45) is 0 Å². The van der Waals surface area contributed by atoms with Crippen LogP contribution in [0.1, 0.15) is 51.4 Å². The zero-order valence-corrected chi connectivity index (χ0v) is 9.88. The first-order valence-corrected chi connectivity index (χ1v) is 6.43. The fourth-order valence-corrected chi connectivity index (χ4v) is 2.12. The lowest BCUT2D eigenvalue weighted by molar-refractivity contribution is 0.385. The first-order chi connectivity index (χ1) is 7.43. The van der Waals surface area contributed by atoms with Crippen molar-refractivity contribution in [2.45, 2.75) is 57.4 Å². The van der Waals surface area contributed by atoms with E-state index in [1.54, 1.807) is 0 Å². The number of unbranched alkanes of at least 4 members (excludes halogenated alkanes) is 2. The Morgan fingerprint density at radius 1 is 1.07 bits per heavy atom. The molecule has 0 aromatic rings. The first-order valence-electron chi connectivity index (χ1n) is 6.43. The molecule has 0 saturated heterocycles. The molecule has 1 nitrogen and oxygen atoms in total. The van der Waals surface area contributed by atoms with E-state index in [4.69, 9.17) is 0 Å². The highest BCUT2D eigenvalue weighted by Gasteiger charge is 2.10. The molecule has 1 aliphatic rings. The monoisotopic (exact) mass is 207 g/mol. The van der Waals surface area contributed by atoms with Gasteiger partial charge >= 0.3 is 0 Å². The fraction of sp³-hybridized carbons (Fsp3) is 0.714. The van der Waals surface area contributed by atoms with E-state index < -0.39 is 0 Å². The van der Waals surface area contributed by atoms with E-state index in [1.165, 1.54) is 44.9 Å². The zero-order valence-electron chi connectivity index (χ0n) is 9.88. The van der Waals surface area contributed by atoms with Gasteiger partial charge in [0.15, 0.2) is 0 Å². The van der Waals surface area contributed by atoms with Crippen LogP contribution in [0, 0.1) is 0 Å². The summed E-state index contributed by atoms with van der Waals surface area (Å²) in [5.74, 6) is 0. The lowest BCUT2D eigenvalue weighted by Crippen LogP contribution is -2.30. The van der Waals surface area contributed by atoms with Gasteiger partial charge in [-0.15, -0.1) is 6.58 Å². The van der Waals surface area contributed by atoms with Crippen molar-refractivity contribution in [3.05, 3.63) is 24.8 Å². The van der Waals surface area contributed by atoms with Crippen molar-refractivity contribution in [3.8, 4) is 0 Å². The van der Waals surface area contributed by atoms with Gasteiger partial charge in [-0.25, -0.2) is 0 Å². The molecule has 1 heteroatoms. The zero-order chi connectivity index (χ0) is 10.8. The van der Waals surface area contributed by atoms with Gasteiger partial charge in [-0.05, 0) is 32.1 Å². The van der Waals surface area contributed by atoms with Crippen LogP contribution in [0.3, 0.4) is 0 Å². The normalized spacial score (nSPS) is 18.4. The Hall–Kier alpha value is -0.560. The molecule has 0 aromatic heterocycles. The van der Waals surface area contributed by atoms with Crippen molar-refractivity contribution in [1.82, 2.24) is 5.32 Å². The molecule has 0 aromatic carbocycles. The summed E-state index contributed by atoms with van der Waals surface area (Å²) >= 11 is 0. The highest BCUT2D eigenvalue weighted by molar-refractivity contribution is 4.86. The molecule has 0 unspecified atom stereocenters. The average molecular weight is 207 g/mol. The third kappa shape index (κ3) is 6.51. The predicted molar refractivity (Wildman–Crippen MR) is 68.1 cm³/mol. The van der Waals surface area contributed by atoms with Crippen LogP contribution in [0.15, 0.2) is 24.8 Å². The Balaban J connectivity index is 1.92. The van der Waals surface area contributed by atoms with Crippen LogP contribution >= 0.6 is 0 Å². The van der Waals surface area contributed by atoms with Crippen molar-refractivity contribution < 1.29 is 0 Å². The Morgan fingerprint density at radius 2 is 1.87 bits per heavy atom. The molecule has 1 rings (SSSR count). The number of nitrogens with one attached hydrogen (secondary N) is 1. The van der Waals surface area contributed by atoms with Crippen LogP contribution in [0.2, 0.25) is 0 Å². The summed E-state index contributed by atoms with van der Waals surface area (Å²) in [6.07, 6.45) is 17.2. The molecule has 1 saturated carbocycles. The van der Waals surface area contributed by atoms with Gasteiger partial charge in [0, 0.05) is 12.6 Å². The van der Waals surface area contributed by atoms with Crippen LogP contribution in [0.4, 0.5) is 0 Å². The lowest BCUT2D eigenvalue weighted by Gasteiger charge is -2.21. The van der Waals surface area contributed by atoms with Gasteiger partial charge in [0.05, 0.1) is 0 Å². The van der Waals surface area contributed by atoms with Crippen molar-refractivity contribution in [2.75, 3.05) is 6.54 Å². The number of allylic oxidation sites excluding steroid dienone is 2. The Labute approximate surface area is 94.6 Å². The molecule has 86 valence electrons. The molecular formula is C14H25N. The molecule has 0 amide bonds. The molecule has 0 heterocycles. The Bertz CT molecular complexity index is 178. The van der Waals surface area contributed by atoms with E-state index >= 15 is 0 Å². The number of hydrogen-bond donors (Lipinski definition) is 1. The van der Waals surface area contributed by atoms with Crippen LogP contribution in [-0.2, 0) is 0 Å². The molecule has 0 radical (unpaired) electrons. The SMILES string of the molecule is C=CCCC/C=C/CNC1CCCCC1. The van der Waals surface area contributed by atoms with E-state index in [0.29, 0.717) is 0 Å². The van der Waals surface area contributed by atoms with E-state index in [-0.39, 0.29) is 0 Å². The summed E-state index contributed by atoms with van der Waals surface area (Å²) in [5, 5.41) is 3.61. The minimum atomic E-state index is 0.788. The smallest absolute Gasteiger partial charge is 0.0137 e. The third-order valence-corrected chi connectivity index (χ3v) is 3.08. The minimum Gasteiger partial charge on any atom is -0.311 e. The second kappa shape index (κ2) is 8.72. The number of rotatable bonds is 7. The van der Waals surface area contributed by atoms with Gasteiger partial charge in [0.25, 0.3) is 0 Å². The van der Waals surface area contributed by atoms with E-state index in [0.717, 1.165) is 19.0 Å². The van der Waals surface area contributed by atoms with Crippen molar-refractivity contribution >= 4 is 0 Å². The maximum absolute atomic E-state index is 3.72. The van der Waals surface area contributed by atoms with Crippen LogP contribution in [0.25, 0.3) is 0 Å². The summed E-state index contributed by atoms with van der Waals surface area (Å²) in [6.45, 7) is 4.77. The average Bonchev–Trinajstić information content (AvgIpc) is 2.29. The van der Waals surface area contributed by atoms with Gasteiger partial charge in [-0.2, -0.15) is 0 Å². The lowest BCUT2D eigenvalue weighted by atomic mass is 9.95. The van der Waals surface area contributed by atoms with Crippen LogP contribution in [0.5, 0.6) is 0 Å². The molecule has 1 fully saturated rings. The van der Waals surface area contributed by atoms with E-state index in [9.17, 15) is 0 Å². The van der Waals surface area contributed by atoms with Crippen LogP contribution in [-0.4, -0.2) is 12.6 Å². The van der Waals surface area contributed by atoms with Crippen LogP contribution < -0.4 is 5.32 Å².